The molecule has 0 unspecified atom stereocenters. The van der Waals surface area contributed by atoms with Crippen molar-refractivity contribution >= 4 is 27.2 Å². The topological polar surface area (TPSA) is 73.6 Å². The maximum absolute atomic E-state index is 5.95. The summed E-state index contributed by atoms with van der Waals surface area (Å²) in [7, 11) is 0. The van der Waals surface area contributed by atoms with Crippen LogP contribution in [0.5, 0.6) is 0 Å². The van der Waals surface area contributed by atoms with Gasteiger partial charge in [0, 0.05) is 24.5 Å². The van der Waals surface area contributed by atoms with Crippen molar-refractivity contribution < 1.29 is 9.47 Å². The van der Waals surface area contributed by atoms with Crippen LogP contribution in [0.2, 0.25) is 0 Å². The van der Waals surface area contributed by atoms with Gasteiger partial charge in [-0.15, -0.1) is 16.4 Å². The number of hydrogen-bond donors (Lipinski definition) is 1. The van der Waals surface area contributed by atoms with Crippen molar-refractivity contribution in [1.29, 1.82) is 0 Å². The summed E-state index contributed by atoms with van der Waals surface area (Å²) >= 11 is 1.71. The number of fused-ring (bicyclic) bond motifs is 5. The number of rotatable bonds is 7. The summed E-state index contributed by atoms with van der Waals surface area (Å²) in [5, 5.41) is 9.11. The van der Waals surface area contributed by atoms with Crippen molar-refractivity contribution in [3.63, 3.8) is 0 Å². The molecule has 1 aliphatic rings. The molecule has 3 aromatic rings. The lowest BCUT2D eigenvalue weighted by molar-refractivity contribution is -0.0379. The molecule has 0 fully saturated rings. The van der Waals surface area contributed by atoms with E-state index >= 15 is 0 Å². The van der Waals surface area contributed by atoms with Crippen LogP contribution in [0.1, 0.15) is 43.5 Å². The Kier molecular flexibility index (Phi) is 4.92. The Morgan fingerprint density at radius 2 is 2.31 bits per heavy atom. The van der Waals surface area contributed by atoms with Crippen LogP contribution < -0.4 is 5.32 Å². The fourth-order valence-electron chi connectivity index (χ4n) is 3.30. The second kappa shape index (κ2) is 7.19. The fraction of sp³-hybridized carbons (Fsp3) is 0.611. The number of nitrogens with one attached hydrogen (secondary N) is 1. The monoisotopic (exact) mass is 375 g/mol. The average molecular weight is 375 g/mol. The molecule has 0 radical (unpaired) electrons. The van der Waals surface area contributed by atoms with Crippen molar-refractivity contribution in [2.75, 3.05) is 19.8 Å². The molecule has 140 valence electrons. The van der Waals surface area contributed by atoms with Gasteiger partial charge in [-0.05, 0) is 39.3 Å². The van der Waals surface area contributed by atoms with Crippen molar-refractivity contribution in [2.24, 2.45) is 0 Å². The number of thiophene rings is 1. The van der Waals surface area contributed by atoms with E-state index in [4.69, 9.17) is 14.5 Å². The molecule has 0 aliphatic carbocycles. The molecule has 7 nitrogen and oxygen atoms in total. The fourth-order valence-corrected chi connectivity index (χ4v) is 4.37. The van der Waals surface area contributed by atoms with Crippen LogP contribution >= 0.6 is 11.3 Å². The molecule has 0 saturated heterocycles. The minimum Gasteiger partial charge on any atom is -0.382 e. The Hall–Kier alpha value is -1.61. The van der Waals surface area contributed by atoms with Gasteiger partial charge in [0.05, 0.1) is 24.1 Å². The van der Waals surface area contributed by atoms with Gasteiger partial charge in [-0.2, -0.15) is 0 Å². The van der Waals surface area contributed by atoms with Gasteiger partial charge < -0.3 is 14.8 Å². The normalized spacial score (nSPS) is 16.4. The second-order valence-electron chi connectivity index (χ2n) is 7.18. The van der Waals surface area contributed by atoms with Crippen molar-refractivity contribution in [3.05, 3.63) is 22.6 Å². The predicted molar refractivity (Wildman–Crippen MR) is 102 cm³/mol. The number of ether oxygens (including phenoxy) is 2. The summed E-state index contributed by atoms with van der Waals surface area (Å²) in [5.41, 5.74) is 2.07. The van der Waals surface area contributed by atoms with Crippen LogP contribution in [0, 0.1) is 0 Å². The first-order chi connectivity index (χ1) is 12.6. The third-order valence-electron chi connectivity index (χ3n) is 4.58. The van der Waals surface area contributed by atoms with E-state index in [-0.39, 0.29) is 5.60 Å². The second-order valence-corrected chi connectivity index (χ2v) is 8.26. The Morgan fingerprint density at radius 3 is 3.15 bits per heavy atom. The van der Waals surface area contributed by atoms with Crippen LogP contribution in [0.4, 0.5) is 0 Å². The molecule has 1 N–H and O–H groups in total. The molecule has 1 aliphatic heterocycles. The first kappa shape index (κ1) is 17.8. The number of aromatic nitrogens is 4. The van der Waals surface area contributed by atoms with E-state index in [2.05, 4.69) is 29.2 Å². The summed E-state index contributed by atoms with van der Waals surface area (Å²) in [6.07, 6.45) is 3.62. The van der Waals surface area contributed by atoms with Crippen LogP contribution in [0.25, 0.3) is 15.9 Å². The zero-order valence-electron chi connectivity index (χ0n) is 15.5. The lowest BCUT2D eigenvalue weighted by atomic mass is 9.94. The summed E-state index contributed by atoms with van der Waals surface area (Å²) < 4.78 is 13.1. The molecule has 0 saturated carbocycles. The summed E-state index contributed by atoms with van der Waals surface area (Å²) in [4.78, 5) is 11.7. The van der Waals surface area contributed by atoms with E-state index in [0.29, 0.717) is 13.2 Å². The van der Waals surface area contributed by atoms with Crippen LogP contribution in [0.3, 0.4) is 0 Å². The first-order valence-corrected chi connectivity index (χ1v) is 9.96. The predicted octanol–water partition coefficient (Wildman–Crippen LogP) is 2.71. The van der Waals surface area contributed by atoms with E-state index in [0.717, 1.165) is 54.3 Å². The molecule has 0 atom stereocenters. The van der Waals surface area contributed by atoms with E-state index in [1.807, 2.05) is 6.92 Å². The standard InChI is InChI=1S/C18H25N5O2S/c1-4-24-7-5-6-19-9-14-21-16-15-12-8-18(2,3)25-10-13(12)26-17(15)20-11-23(16)22-14/h11,19H,4-10H2,1-3H3. The summed E-state index contributed by atoms with van der Waals surface area (Å²) in [5.74, 6) is 0.793. The SMILES string of the molecule is CCOCCCNCc1nc2c3c4c(sc3ncn2n1)COC(C)(C)C4. The van der Waals surface area contributed by atoms with Gasteiger partial charge in [-0.1, -0.05) is 0 Å². The highest BCUT2D eigenvalue weighted by Gasteiger charge is 2.30. The van der Waals surface area contributed by atoms with Gasteiger partial charge in [0.2, 0.25) is 0 Å². The minimum absolute atomic E-state index is 0.154. The smallest absolute Gasteiger partial charge is 0.168 e. The summed E-state index contributed by atoms with van der Waals surface area (Å²) in [6.45, 7) is 10.0. The van der Waals surface area contributed by atoms with Crippen molar-refractivity contribution in [1.82, 2.24) is 24.9 Å². The Labute approximate surface area is 156 Å². The van der Waals surface area contributed by atoms with Crippen LogP contribution in [-0.2, 0) is 29.0 Å². The van der Waals surface area contributed by atoms with Crippen molar-refractivity contribution in [2.45, 2.75) is 52.4 Å². The molecule has 0 bridgehead atoms. The van der Waals surface area contributed by atoms with Gasteiger partial charge in [-0.25, -0.2) is 14.5 Å². The highest BCUT2D eigenvalue weighted by atomic mass is 32.1. The van der Waals surface area contributed by atoms with Gasteiger partial charge >= 0.3 is 0 Å². The third-order valence-corrected chi connectivity index (χ3v) is 5.69. The van der Waals surface area contributed by atoms with Gasteiger partial charge in [0.15, 0.2) is 11.5 Å². The number of nitrogens with zero attached hydrogens (tertiary/aromatic N) is 4. The van der Waals surface area contributed by atoms with E-state index in [1.165, 1.54) is 10.4 Å². The quantitative estimate of drug-likeness (QED) is 0.640. The first-order valence-electron chi connectivity index (χ1n) is 9.14. The zero-order chi connectivity index (χ0) is 18.1. The molecule has 3 aromatic heterocycles. The van der Waals surface area contributed by atoms with Gasteiger partial charge in [0.1, 0.15) is 11.2 Å². The number of hydrogen-bond acceptors (Lipinski definition) is 7. The molecular weight excluding hydrogens is 350 g/mol. The Bertz CT molecular complexity index is 917. The third kappa shape index (κ3) is 3.46. The maximum Gasteiger partial charge on any atom is 0.168 e. The lowest BCUT2D eigenvalue weighted by Crippen LogP contribution is -2.31. The van der Waals surface area contributed by atoms with Crippen molar-refractivity contribution in [3.8, 4) is 0 Å². The zero-order valence-corrected chi connectivity index (χ0v) is 16.4. The average Bonchev–Trinajstić information content (AvgIpc) is 3.17. The van der Waals surface area contributed by atoms with E-state index in [9.17, 15) is 0 Å². The summed E-state index contributed by atoms with van der Waals surface area (Å²) in [6, 6.07) is 0. The molecule has 4 rings (SSSR count). The maximum atomic E-state index is 5.95. The highest BCUT2D eigenvalue weighted by molar-refractivity contribution is 7.19. The van der Waals surface area contributed by atoms with E-state index in [1.54, 1.807) is 22.2 Å². The minimum atomic E-state index is -0.154. The van der Waals surface area contributed by atoms with Gasteiger partial charge in [-0.3, -0.25) is 0 Å². The molecule has 8 heteroatoms. The van der Waals surface area contributed by atoms with Crippen LogP contribution in [-0.4, -0.2) is 44.9 Å². The highest BCUT2D eigenvalue weighted by Crippen LogP contribution is 2.39. The molecule has 0 amide bonds. The Morgan fingerprint density at radius 1 is 1.42 bits per heavy atom. The lowest BCUT2D eigenvalue weighted by Gasteiger charge is -2.30. The molecule has 0 aromatic carbocycles. The largest absolute Gasteiger partial charge is 0.382 e. The Balaban J connectivity index is 1.58. The molecular formula is C18H25N5O2S. The molecule has 0 spiro atoms. The molecule has 4 heterocycles. The van der Waals surface area contributed by atoms with Crippen LogP contribution in [0.15, 0.2) is 6.33 Å². The molecule has 26 heavy (non-hydrogen) atoms. The van der Waals surface area contributed by atoms with Gasteiger partial charge in [0.25, 0.3) is 0 Å². The van der Waals surface area contributed by atoms with E-state index < -0.39 is 0 Å².